The van der Waals surface area contributed by atoms with Crippen LogP contribution in [0.2, 0.25) is 0 Å². The van der Waals surface area contributed by atoms with E-state index in [-0.39, 0.29) is 11.1 Å². The first kappa shape index (κ1) is 44.7. The van der Waals surface area contributed by atoms with E-state index in [9.17, 15) is 19.2 Å². The van der Waals surface area contributed by atoms with Gasteiger partial charge in [-0.2, -0.15) is 0 Å². The van der Waals surface area contributed by atoms with E-state index in [1.807, 2.05) is 65.8 Å². The minimum absolute atomic E-state index is 0.264. The fourth-order valence-corrected chi connectivity index (χ4v) is 9.91. The van der Waals surface area contributed by atoms with E-state index in [0.717, 1.165) is 33.4 Å². The molecule has 10 nitrogen and oxygen atoms in total. The maximum atomic E-state index is 13.7. The minimum Gasteiger partial charge on any atom is -0.488 e. The SMILES string of the molecule is CC(C)(C)Oc1ccc(N2C(=O)c3ccc(Oc4ccc(C5(c6ccc(Oc7ccc8c(c7)C(=O)N(c7ccc(OC(C)(C)C)cc7)C8=O)cc6)c6ccccc6-c6ccccc65)cc4)cc3C2=O)cc1. The lowest BCUT2D eigenvalue weighted by molar-refractivity contribution is 0.0910. The largest absolute Gasteiger partial charge is 0.488 e. The summed E-state index contributed by atoms with van der Waals surface area (Å²) in [7, 11) is 0. The van der Waals surface area contributed by atoms with Crippen LogP contribution >= 0.6 is 0 Å². The van der Waals surface area contributed by atoms with Crippen LogP contribution in [0, 0.1) is 0 Å². The number of rotatable bonds is 10. The number of hydrogen-bond acceptors (Lipinski definition) is 8. The molecule has 0 N–H and O–H groups in total. The van der Waals surface area contributed by atoms with E-state index in [1.165, 1.54) is 9.80 Å². The first-order chi connectivity index (χ1) is 34.1. The maximum absolute atomic E-state index is 13.7. The standard InChI is InChI=1S/C61H48N2O8/c1-59(2,3)70-43-27-19-39(20-28-43)62-55(64)49-33-31-45(35-51(49)57(62)66)68-41-23-15-37(16-24-41)61(53-13-9-7-11-47(53)48-12-8-10-14-54(48)61)38-17-25-42(26-18-38)69-46-32-34-50-52(36-46)58(67)63(56(50)65)40-21-29-44(30-22-40)71-60(4,5)6/h7-36H,1-6H3. The number of anilines is 2. The van der Waals surface area contributed by atoms with E-state index < -0.39 is 40.2 Å². The molecule has 0 unspecified atom stereocenters. The molecule has 8 aromatic carbocycles. The molecule has 0 atom stereocenters. The van der Waals surface area contributed by atoms with Gasteiger partial charge >= 0.3 is 0 Å². The number of benzene rings is 8. The highest BCUT2D eigenvalue weighted by molar-refractivity contribution is 6.35. The second-order valence-electron chi connectivity index (χ2n) is 19.8. The van der Waals surface area contributed by atoms with Crippen molar-refractivity contribution in [3.63, 3.8) is 0 Å². The molecular formula is C61H48N2O8. The van der Waals surface area contributed by atoms with Crippen molar-refractivity contribution in [2.75, 3.05) is 9.80 Å². The normalized spacial score (nSPS) is 14.5. The van der Waals surface area contributed by atoms with Crippen LogP contribution in [0.15, 0.2) is 182 Å². The van der Waals surface area contributed by atoms with Crippen molar-refractivity contribution in [1.29, 1.82) is 0 Å². The molecule has 0 saturated heterocycles. The van der Waals surface area contributed by atoms with Crippen molar-refractivity contribution < 1.29 is 38.1 Å². The van der Waals surface area contributed by atoms with Crippen LogP contribution in [0.5, 0.6) is 34.5 Å². The molecule has 0 spiro atoms. The summed E-state index contributed by atoms with van der Waals surface area (Å²) >= 11 is 0. The summed E-state index contributed by atoms with van der Waals surface area (Å²) in [4.78, 5) is 56.9. The zero-order chi connectivity index (χ0) is 49.4. The molecule has 0 radical (unpaired) electrons. The number of fused-ring (bicyclic) bond motifs is 5. The van der Waals surface area contributed by atoms with Crippen LogP contribution in [0.1, 0.15) is 105 Å². The lowest BCUT2D eigenvalue weighted by atomic mass is 9.68. The fraction of sp³-hybridized carbons (Fsp3) is 0.148. The summed E-state index contributed by atoms with van der Waals surface area (Å²) < 4.78 is 24.6. The van der Waals surface area contributed by atoms with E-state index in [2.05, 4.69) is 72.8 Å². The Bertz CT molecular complexity index is 3220. The maximum Gasteiger partial charge on any atom is 0.266 e. The second-order valence-corrected chi connectivity index (χ2v) is 19.8. The number of hydrogen-bond donors (Lipinski definition) is 0. The fourth-order valence-electron chi connectivity index (χ4n) is 9.91. The summed E-state index contributed by atoms with van der Waals surface area (Å²) in [5.41, 5.74) is 7.04. The van der Waals surface area contributed by atoms with Gasteiger partial charge in [0.05, 0.1) is 39.0 Å². The lowest BCUT2D eigenvalue weighted by Gasteiger charge is -2.34. The quantitative estimate of drug-likeness (QED) is 0.125. The predicted molar refractivity (Wildman–Crippen MR) is 273 cm³/mol. The summed E-state index contributed by atoms with van der Waals surface area (Å²) in [5.74, 6) is 1.57. The highest BCUT2D eigenvalue weighted by Crippen LogP contribution is 2.56. The van der Waals surface area contributed by atoms with Gasteiger partial charge in [0.1, 0.15) is 45.7 Å². The highest BCUT2D eigenvalue weighted by Gasteiger charge is 2.46. The Kier molecular flexibility index (Phi) is 10.5. The van der Waals surface area contributed by atoms with Crippen molar-refractivity contribution in [2.24, 2.45) is 0 Å². The van der Waals surface area contributed by atoms with Gasteiger partial charge in [0.2, 0.25) is 0 Å². The number of ether oxygens (including phenoxy) is 4. The molecular weight excluding hydrogens is 889 g/mol. The lowest BCUT2D eigenvalue weighted by Crippen LogP contribution is -2.29. The van der Waals surface area contributed by atoms with Gasteiger partial charge in [0, 0.05) is 0 Å². The van der Waals surface area contributed by atoms with Crippen LogP contribution in [0.4, 0.5) is 11.4 Å². The minimum atomic E-state index is -0.730. The van der Waals surface area contributed by atoms with Gasteiger partial charge in [-0.1, -0.05) is 72.8 Å². The van der Waals surface area contributed by atoms with Crippen LogP contribution < -0.4 is 28.7 Å². The average molecular weight is 937 g/mol. The predicted octanol–water partition coefficient (Wildman–Crippen LogP) is 13.6. The molecule has 0 aromatic heterocycles. The Labute approximate surface area is 411 Å². The molecule has 4 amide bonds. The van der Waals surface area contributed by atoms with Gasteiger partial charge in [-0.25, -0.2) is 9.80 Å². The number of nitrogens with zero attached hydrogens (tertiary/aromatic N) is 2. The highest BCUT2D eigenvalue weighted by atomic mass is 16.5. The van der Waals surface area contributed by atoms with Crippen molar-refractivity contribution >= 4 is 35.0 Å². The molecule has 71 heavy (non-hydrogen) atoms. The first-order valence-corrected chi connectivity index (χ1v) is 23.5. The molecule has 8 aromatic rings. The van der Waals surface area contributed by atoms with Crippen LogP contribution in [-0.4, -0.2) is 34.8 Å². The molecule has 10 heteroatoms. The van der Waals surface area contributed by atoms with Crippen molar-refractivity contribution in [3.8, 4) is 45.6 Å². The molecule has 3 aliphatic rings. The number of carbonyl (C=O) groups is 4. The zero-order valence-electron chi connectivity index (χ0n) is 40.0. The topological polar surface area (TPSA) is 112 Å². The number of imide groups is 2. The van der Waals surface area contributed by atoms with Crippen molar-refractivity contribution in [2.45, 2.75) is 58.2 Å². The molecule has 2 heterocycles. The van der Waals surface area contributed by atoms with E-state index >= 15 is 0 Å². The Morgan fingerprint density at radius 3 is 1.03 bits per heavy atom. The Morgan fingerprint density at radius 2 is 0.662 bits per heavy atom. The van der Waals surface area contributed by atoms with E-state index in [0.29, 0.717) is 57.0 Å². The number of amides is 4. The van der Waals surface area contributed by atoms with Crippen molar-refractivity contribution in [1.82, 2.24) is 0 Å². The van der Waals surface area contributed by atoms with Gasteiger partial charge in [-0.3, -0.25) is 19.2 Å². The summed E-state index contributed by atoms with van der Waals surface area (Å²) in [6, 6.07) is 56.6. The molecule has 11 rings (SSSR count). The van der Waals surface area contributed by atoms with Gasteiger partial charge in [-0.15, -0.1) is 0 Å². The third-order valence-electron chi connectivity index (χ3n) is 12.8. The third-order valence-corrected chi connectivity index (χ3v) is 12.8. The Balaban J connectivity index is 0.859. The van der Waals surface area contributed by atoms with E-state index in [4.69, 9.17) is 18.9 Å². The first-order valence-electron chi connectivity index (χ1n) is 23.5. The molecule has 0 saturated carbocycles. The van der Waals surface area contributed by atoms with Crippen molar-refractivity contribution in [3.05, 3.63) is 226 Å². The smallest absolute Gasteiger partial charge is 0.266 e. The third kappa shape index (κ3) is 7.87. The van der Waals surface area contributed by atoms with Gasteiger partial charge in [0.25, 0.3) is 23.6 Å². The Hall–Kier alpha value is -8.76. The van der Waals surface area contributed by atoms with Crippen LogP contribution in [0.25, 0.3) is 11.1 Å². The molecule has 350 valence electrons. The monoisotopic (exact) mass is 936 g/mol. The second kappa shape index (κ2) is 16.7. The Morgan fingerprint density at radius 1 is 0.338 bits per heavy atom. The molecule has 2 aliphatic heterocycles. The van der Waals surface area contributed by atoms with Gasteiger partial charge in [0.15, 0.2) is 0 Å². The number of carbonyl (C=O) groups excluding carboxylic acids is 4. The zero-order valence-corrected chi connectivity index (χ0v) is 40.0. The summed E-state index contributed by atoms with van der Waals surface area (Å²) in [6.07, 6.45) is 0. The summed E-state index contributed by atoms with van der Waals surface area (Å²) in [5, 5.41) is 0. The molecule has 0 bridgehead atoms. The van der Waals surface area contributed by atoms with Gasteiger partial charge < -0.3 is 18.9 Å². The summed E-state index contributed by atoms with van der Waals surface area (Å²) in [6.45, 7) is 11.7. The molecule has 1 aliphatic carbocycles. The van der Waals surface area contributed by atoms with Gasteiger partial charge in [-0.05, 0) is 184 Å². The van der Waals surface area contributed by atoms with Crippen LogP contribution in [-0.2, 0) is 5.41 Å². The average Bonchev–Trinajstić information content (AvgIpc) is 3.89. The van der Waals surface area contributed by atoms with Crippen LogP contribution in [0.3, 0.4) is 0 Å². The molecule has 0 fully saturated rings. The van der Waals surface area contributed by atoms with E-state index in [1.54, 1.807) is 84.9 Å².